The van der Waals surface area contributed by atoms with Crippen LogP contribution < -0.4 is 4.90 Å². The van der Waals surface area contributed by atoms with Gasteiger partial charge in [-0.15, -0.1) is 0 Å². The number of hydrogen-bond acceptors (Lipinski definition) is 3. The molecule has 0 aliphatic carbocycles. The summed E-state index contributed by atoms with van der Waals surface area (Å²) < 4.78 is 13.3. The first-order valence-electron chi connectivity index (χ1n) is 15.2. The lowest BCUT2D eigenvalue weighted by Crippen LogP contribution is -2.10. The normalized spacial score (nSPS) is 11.6. The van der Waals surface area contributed by atoms with E-state index >= 15 is 0 Å². The van der Waals surface area contributed by atoms with E-state index in [0.29, 0.717) is 0 Å². The van der Waals surface area contributed by atoms with Gasteiger partial charge in [0.2, 0.25) is 0 Å². The topological polar surface area (TPSA) is 29.5 Å². The summed E-state index contributed by atoms with van der Waals surface area (Å²) in [5.41, 5.74) is 11.0. The van der Waals surface area contributed by atoms with Crippen LogP contribution in [0.15, 0.2) is 173 Å². The molecule has 0 aliphatic heterocycles. The average Bonchev–Trinajstić information content (AvgIpc) is 3.69. The predicted molar refractivity (Wildman–Crippen MR) is 187 cm³/mol. The molecule has 3 nitrogen and oxygen atoms in total. The second kappa shape index (κ2) is 10.3. The molecule has 0 N–H and O–H groups in total. The van der Waals surface area contributed by atoms with E-state index in [-0.39, 0.29) is 0 Å². The van der Waals surface area contributed by atoms with Gasteiger partial charge in [-0.25, -0.2) is 0 Å². The molecule has 0 bridgehead atoms. The maximum absolute atomic E-state index is 6.78. The Morgan fingerprint density at radius 1 is 0.333 bits per heavy atom. The summed E-state index contributed by atoms with van der Waals surface area (Å²) in [7, 11) is 0. The molecule has 0 atom stereocenters. The highest BCUT2D eigenvalue weighted by Gasteiger charge is 2.23. The lowest BCUT2D eigenvalue weighted by Gasteiger charge is -2.26. The molecule has 212 valence electrons. The fourth-order valence-corrected chi connectivity index (χ4v) is 6.70. The van der Waals surface area contributed by atoms with Crippen LogP contribution in [0.25, 0.3) is 66.1 Å². The third-order valence-electron chi connectivity index (χ3n) is 8.69. The van der Waals surface area contributed by atoms with Crippen LogP contribution in [0.5, 0.6) is 0 Å². The molecule has 0 saturated carbocycles. The molecular weight excluding hydrogens is 550 g/mol. The molecule has 45 heavy (non-hydrogen) atoms. The molecule has 9 rings (SSSR count). The summed E-state index contributed by atoms with van der Waals surface area (Å²) in [6.45, 7) is 0. The zero-order chi connectivity index (χ0) is 29.7. The Hall–Kier alpha value is -6.06. The van der Waals surface area contributed by atoms with Gasteiger partial charge < -0.3 is 13.7 Å². The molecule has 3 heteroatoms. The summed E-state index contributed by atoms with van der Waals surface area (Å²) in [5.74, 6) is 0. The molecule has 0 aliphatic rings. The van der Waals surface area contributed by atoms with E-state index in [1.165, 1.54) is 0 Å². The van der Waals surface area contributed by atoms with Gasteiger partial charge >= 0.3 is 0 Å². The molecule has 0 amide bonds. The average molecular weight is 578 g/mol. The zero-order valence-electron chi connectivity index (χ0n) is 24.4. The third-order valence-corrected chi connectivity index (χ3v) is 8.69. The number of fused-ring (bicyclic) bond motifs is 6. The summed E-state index contributed by atoms with van der Waals surface area (Å²) in [6.07, 6.45) is 0. The van der Waals surface area contributed by atoms with E-state index < -0.39 is 0 Å². The quantitative estimate of drug-likeness (QED) is 0.204. The number of rotatable bonds is 5. The van der Waals surface area contributed by atoms with E-state index in [1.54, 1.807) is 0 Å². The minimum absolute atomic E-state index is 0.856. The van der Waals surface area contributed by atoms with Gasteiger partial charge in [0.05, 0.1) is 11.1 Å². The van der Waals surface area contributed by atoms with E-state index in [2.05, 4.69) is 150 Å². The van der Waals surface area contributed by atoms with Crippen LogP contribution >= 0.6 is 0 Å². The molecular formula is C42H27NO2. The van der Waals surface area contributed by atoms with E-state index in [9.17, 15) is 0 Å². The second-order valence-corrected chi connectivity index (χ2v) is 11.3. The highest BCUT2D eigenvalue weighted by Crippen LogP contribution is 2.48. The number of benzene rings is 7. The maximum atomic E-state index is 6.78. The molecule has 7 aromatic carbocycles. The number of furan rings is 2. The van der Waals surface area contributed by atoms with Crippen LogP contribution in [-0.4, -0.2) is 0 Å². The Balaban J connectivity index is 1.33. The molecule has 9 aromatic rings. The standard InChI is InChI=1S/C42H27NO2/c1-3-14-28(15-4-1)43(29-16-5-2-6-17-29)37-27-26-35(42-40(37)36-21-10-12-25-39(36)45-42)31-19-8-7-18-30(31)33-22-13-23-34-32-20-9-11-24-38(32)44-41(33)34/h1-27H. The highest BCUT2D eigenvalue weighted by atomic mass is 16.3. The van der Waals surface area contributed by atoms with Gasteiger partial charge in [-0.3, -0.25) is 0 Å². The fourth-order valence-electron chi connectivity index (χ4n) is 6.70. The van der Waals surface area contributed by atoms with Crippen molar-refractivity contribution in [1.82, 2.24) is 0 Å². The SMILES string of the molecule is c1ccc(N(c2ccccc2)c2ccc(-c3ccccc3-c3cccc4c3oc3ccccc34)c3oc4ccccc4c23)cc1. The number of hydrogen-bond donors (Lipinski definition) is 0. The Morgan fingerprint density at radius 2 is 0.822 bits per heavy atom. The van der Waals surface area contributed by atoms with E-state index in [4.69, 9.17) is 8.83 Å². The Kier molecular flexibility index (Phi) is 5.82. The summed E-state index contributed by atoms with van der Waals surface area (Å²) in [6, 6.07) is 57.0. The van der Waals surface area contributed by atoms with Gasteiger partial charge in [-0.2, -0.15) is 0 Å². The van der Waals surface area contributed by atoms with E-state index in [1.807, 2.05) is 18.2 Å². The smallest absolute Gasteiger partial charge is 0.145 e. The summed E-state index contributed by atoms with van der Waals surface area (Å²) >= 11 is 0. The lowest BCUT2D eigenvalue weighted by molar-refractivity contribution is 0.669. The first kappa shape index (κ1) is 25.4. The Bertz CT molecular complexity index is 2450. The van der Waals surface area contributed by atoms with E-state index in [0.717, 1.165) is 83.2 Å². The van der Waals surface area contributed by atoms with Crippen molar-refractivity contribution in [1.29, 1.82) is 0 Å². The molecule has 0 saturated heterocycles. The molecule has 0 unspecified atom stereocenters. The van der Waals surface area contributed by atoms with Crippen LogP contribution in [-0.2, 0) is 0 Å². The third kappa shape index (κ3) is 4.05. The predicted octanol–water partition coefficient (Wildman–Crippen LogP) is 12.3. The molecule has 2 heterocycles. The van der Waals surface area contributed by atoms with Gasteiger partial charge in [-0.1, -0.05) is 115 Å². The fraction of sp³-hybridized carbons (Fsp3) is 0. The maximum Gasteiger partial charge on any atom is 0.145 e. The zero-order valence-corrected chi connectivity index (χ0v) is 24.4. The van der Waals surface area contributed by atoms with Crippen LogP contribution in [0.2, 0.25) is 0 Å². The minimum Gasteiger partial charge on any atom is -0.455 e. The van der Waals surface area contributed by atoms with Crippen molar-refractivity contribution in [2.45, 2.75) is 0 Å². The van der Waals surface area contributed by atoms with Crippen LogP contribution in [0.4, 0.5) is 17.1 Å². The van der Waals surface area contributed by atoms with Gasteiger partial charge in [0.1, 0.15) is 22.3 Å². The van der Waals surface area contributed by atoms with Crippen molar-refractivity contribution in [3.63, 3.8) is 0 Å². The van der Waals surface area contributed by atoms with Gasteiger partial charge in [0.25, 0.3) is 0 Å². The van der Waals surface area contributed by atoms with Crippen molar-refractivity contribution in [3.8, 4) is 22.3 Å². The highest BCUT2D eigenvalue weighted by molar-refractivity contribution is 6.18. The van der Waals surface area contributed by atoms with Crippen LogP contribution in [0.1, 0.15) is 0 Å². The molecule has 0 spiro atoms. The lowest BCUT2D eigenvalue weighted by atomic mass is 9.92. The first-order chi connectivity index (χ1) is 22.3. The largest absolute Gasteiger partial charge is 0.455 e. The van der Waals surface area contributed by atoms with Gasteiger partial charge in [0.15, 0.2) is 0 Å². The van der Waals surface area contributed by atoms with Crippen molar-refractivity contribution >= 4 is 60.9 Å². The number of nitrogens with zero attached hydrogens (tertiary/aromatic N) is 1. The molecule has 0 fully saturated rings. The van der Waals surface area contributed by atoms with Crippen molar-refractivity contribution in [2.75, 3.05) is 4.90 Å². The van der Waals surface area contributed by atoms with Crippen molar-refractivity contribution in [3.05, 3.63) is 164 Å². The Morgan fingerprint density at radius 3 is 1.51 bits per heavy atom. The minimum atomic E-state index is 0.856. The van der Waals surface area contributed by atoms with Crippen molar-refractivity contribution in [2.24, 2.45) is 0 Å². The van der Waals surface area contributed by atoms with Crippen LogP contribution in [0, 0.1) is 0 Å². The van der Waals surface area contributed by atoms with Gasteiger partial charge in [0, 0.05) is 38.7 Å². The summed E-state index contributed by atoms with van der Waals surface area (Å²) in [4.78, 5) is 2.31. The molecule has 0 radical (unpaired) electrons. The molecule has 2 aromatic heterocycles. The number of anilines is 3. The first-order valence-corrected chi connectivity index (χ1v) is 15.2. The second-order valence-electron chi connectivity index (χ2n) is 11.3. The summed E-state index contributed by atoms with van der Waals surface area (Å²) in [5, 5.41) is 4.40. The monoisotopic (exact) mass is 577 g/mol. The van der Waals surface area contributed by atoms with Crippen molar-refractivity contribution < 1.29 is 8.83 Å². The van der Waals surface area contributed by atoms with Crippen LogP contribution in [0.3, 0.4) is 0 Å². The Labute approximate surface area is 260 Å². The van der Waals surface area contributed by atoms with Gasteiger partial charge in [-0.05, 0) is 59.7 Å². The number of para-hydroxylation sites is 5.